The molecule has 1 aliphatic heterocycles. The van der Waals surface area contributed by atoms with Crippen molar-refractivity contribution in [2.24, 2.45) is 0 Å². The second-order valence-corrected chi connectivity index (χ2v) is 6.84. The molecule has 3 N–H and O–H groups in total. The molecular weight excluding hydrogens is 344 g/mol. The summed E-state index contributed by atoms with van der Waals surface area (Å²) in [6.45, 7) is 1.72. The summed E-state index contributed by atoms with van der Waals surface area (Å²) >= 11 is 1.23. The van der Waals surface area contributed by atoms with Gasteiger partial charge in [0.2, 0.25) is 0 Å². The topological polar surface area (TPSA) is 99.1 Å². The second kappa shape index (κ2) is 6.83. The first-order valence-electron chi connectivity index (χ1n) is 7.67. The van der Waals surface area contributed by atoms with Gasteiger partial charge in [-0.15, -0.1) is 11.3 Å². The van der Waals surface area contributed by atoms with Crippen LogP contribution in [0.4, 0.5) is 4.79 Å². The monoisotopic (exact) mass is 362 g/mol. The van der Waals surface area contributed by atoms with Gasteiger partial charge in [0.1, 0.15) is 0 Å². The van der Waals surface area contributed by atoms with Crippen LogP contribution in [-0.4, -0.2) is 33.7 Å². The van der Waals surface area contributed by atoms with Crippen molar-refractivity contribution in [2.75, 3.05) is 6.54 Å². The molecule has 2 heterocycles. The lowest BCUT2D eigenvalue weighted by Crippen LogP contribution is -2.57. The summed E-state index contributed by atoms with van der Waals surface area (Å²) in [4.78, 5) is 30.4. The number of nitrogens with zero attached hydrogens (tertiary/aromatic N) is 1. The lowest BCUT2D eigenvalue weighted by molar-refractivity contribution is -0.151. The molecule has 7 nitrogen and oxygen atoms in total. The number of rotatable bonds is 5. The van der Waals surface area contributed by atoms with Gasteiger partial charge in [0, 0.05) is 11.4 Å². The molecule has 2 unspecified atom stereocenters. The summed E-state index contributed by atoms with van der Waals surface area (Å²) < 4.78 is 0. The van der Waals surface area contributed by atoms with Crippen molar-refractivity contribution in [1.29, 1.82) is 0 Å². The Bertz CT molecular complexity index is 778. The number of hydroxylamine groups is 1. The number of hydrogen-bond acceptors (Lipinski definition) is 5. The van der Waals surface area contributed by atoms with Crippen LogP contribution in [0.15, 0.2) is 41.8 Å². The minimum atomic E-state index is -1.60. The molecule has 0 radical (unpaired) electrons. The molecule has 0 bridgehead atoms. The molecule has 1 amide bonds. The van der Waals surface area contributed by atoms with Crippen LogP contribution in [0.5, 0.6) is 0 Å². The fourth-order valence-corrected chi connectivity index (χ4v) is 4.08. The Kier molecular flexibility index (Phi) is 4.76. The van der Waals surface area contributed by atoms with E-state index in [0.717, 1.165) is 16.0 Å². The highest BCUT2D eigenvalue weighted by Crippen LogP contribution is 2.43. The number of carboxylic acid groups (broad SMARTS) is 2. The molecule has 1 aromatic heterocycles. The lowest BCUT2D eigenvalue weighted by Gasteiger charge is -2.42. The lowest BCUT2D eigenvalue weighted by atomic mass is 9.87. The van der Waals surface area contributed by atoms with E-state index in [1.165, 1.54) is 18.3 Å². The fraction of sp³-hybridized carbons (Fsp3) is 0.294. The molecule has 8 heteroatoms. The Morgan fingerprint density at radius 3 is 2.68 bits per heavy atom. The molecular formula is C17H18N2O5S. The molecule has 1 aliphatic rings. The van der Waals surface area contributed by atoms with Crippen LogP contribution in [0.2, 0.25) is 0 Å². The summed E-state index contributed by atoms with van der Waals surface area (Å²) in [6.07, 6.45) is -1.28. The number of amides is 1. The van der Waals surface area contributed by atoms with Crippen LogP contribution in [0, 0.1) is 0 Å². The first-order valence-corrected chi connectivity index (χ1v) is 8.55. The third kappa shape index (κ3) is 3.11. The number of benzene rings is 1. The largest absolute Gasteiger partial charge is 0.479 e. The summed E-state index contributed by atoms with van der Waals surface area (Å²) in [5.41, 5.74) is 3.00. The predicted octanol–water partition coefficient (Wildman–Crippen LogP) is 2.80. The number of nitrogens with one attached hydrogen (secondary N) is 1. The van der Waals surface area contributed by atoms with Gasteiger partial charge >= 0.3 is 12.1 Å². The fourth-order valence-electron chi connectivity index (χ4n) is 2.96. The van der Waals surface area contributed by atoms with Crippen LogP contribution in [0.1, 0.15) is 29.0 Å². The molecule has 1 aromatic carbocycles. The Morgan fingerprint density at radius 1 is 1.32 bits per heavy atom. The normalized spacial score (nSPS) is 22.4. The van der Waals surface area contributed by atoms with Crippen LogP contribution in [0.25, 0.3) is 0 Å². The van der Waals surface area contributed by atoms with Gasteiger partial charge in [0.25, 0.3) is 0 Å². The molecule has 0 saturated carbocycles. The van der Waals surface area contributed by atoms with Crippen molar-refractivity contribution in [3.05, 3.63) is 57.8 Å². The van der Waals surface area contributed by atoms with E-state index in [-0.39, 0.29) is 6.54 Å². The van der Waals surface area contributed by atoms with E-state index in [4.69, 9.17) is 4.84 Å². The van der Waals surface area contributed by atoms with Gasteiger partial charge in [-0.3, -0.25) is 9.74 Å². The van der Waals surface area contributed by atoms with Crippen molar-refractivity contribution in [3.63, 3.8) is 0 Å². The van der Waals surface area contributed by atoms with E-state index in [2.05, 4.69) is 5.48 Å². The minimum Gasteiger partial charge on any atom is -0.479 e. The Morgan fingerprint density at radius 2 is 2.04 bits per heavy atom. The van der Waals surface area contributed by atoms with Crippen molar-refractivity contribution in [1.82, 2.24) is 10.4 Å². The van der Waals surface area contributed by atoms with Gasteiger partial charge in [-0.2, -0.15) is 5.48 Å². The summed E-state index contributed by atoms with van der Waals surface area (Å²) in [7, 11) is 0. The SMILES string of the molecule is CC1(C(=O)O)c2sccc2C(NOCc2ccccc2)CN1C(=O)O. The summed E-state index contributed by atoms with van der Waals surface area (Å²) in [6, 6.07) is 10.9. The van der Waals surface area contributed by atoms with Crippen molar-refractivity contribution in [2.45, 2.75) is 25.1 Å². The van der Waals surface area contributed by atoms with Gasteiger partial charge in [-0.05, 0) is 29.5 Å². The number of thiophene rings is 1. The third-order valence-electron chi connectivity index (χ3n) is 4.37. The standard InChI is InChI=1S/C17H18N2O5S/c1-17(15(20)21)14-12(7-8-25-14)13(9-19(17)16(22)23)18-24-10-11-5-3-2-4-6-11/h2-8,13,18H,9-10H2,1H3,(H,20,21)(H,22,23). The average molecular weight is 362 g/mol. The van der Waals surface area contributed by atoms with Gasteiger partial charge in [-0.1, -0.05) is 30.3 Å². The Labute approximate surface area is 148 Å². The number of hydrogen-bond donors (Lipinski definition) is 3. The zero-order valence-electron chi connectivity index (χ0n) is 13.5. The average Bonchev–Trinajstić information content (AvgIpc) is 3.08. The molecule has 2 aromatic rings. The number of carboxylic acids is 1. The van der Waals surface area contributed by atoms with Crippen molar-refractivity contribution >= 4 is 23.4 Å². The van der Waals surface area contributed by atoms with E-state index in [9.17, 15) is 19.8 Å². The Hall–Kier alpha value is -2.42. The van der Waals surface area contributed by atoms with Crippen LogP contribution in [-0.2, 0) is 21.8 Å². The van der Waals surface area contributed by atoms with Crippen LogP contribution < -0.4 is 5.48 Å². The van der Waals surface area contributed by atoms with E-state index < -0.39 is 23.6 Å². The second-order valence-electron chi connectivity index (χ2n) is 5.92. The zero-order chi connectivity index (χ0) is 18.0. The number of fused-ring (bicyclic) bond motifs is 1. The van der Waals surface area contributed by atoms with Crippen LogP contribution in [0.3, 0.4) is 0 Å². The number of carbonyl (C=O) groups is 2. The highest BCUT2D eigenvalue weighted by molar-refractivity contribution is 7.10. The molecule has 0 spiro atoms. The minimum absolute atomic E-state index is 0.0172. The van der Waals surface area contributed by atoms with Gasteiger partial charge in [0.05, 0.1) is 12.6 Å². The van der Waals surface area contributed by atoms with E-state index in [0.29, 0.717) is 11.5 Å². The molecule has 132 valence electrons. The summed E-state index contributed by atoms with van der Waals surface area (Å²) in [5, 5.41) is 20.9. The third-order valence-corrected chi connectivity index (χ3v) is 5.51. The predicted molar refractivity (Wildman–Crippen MR) is 91.1 cm³/mol. The molecule has 0 saturated heterocycles. The van der Waals surface area contributed by atoms with Crippen LogP contribution >= 0.6 is 11.3 Å². The smallest absolute Gasteiger partial charge is 0.408 e. The Balaban J connectivity index is 1.81. The highest BCUT2D eigenvalue weighted by atomic mass is 32.1. The highest BCUT2D eigenvalue weighted by Gasteiger charge is 2.51. The molecule has 25 heavy (non-hydrogen) atoms. The van der Waals surface area contributed by atoms with Crippen molar-refractivity contribution in [3.8, 4) is 0 Å². The zero-order valence-corrected chi connectivity index (χ0v) is 14.3. The quantitative estimate of drug-likeness (QED) is 0.708. The van der Waals surface area contributed by atoms with E-state index in [1.54, 1.807) is 5.38 Å². The molecule has 2 atom stereocenters. The van der Waals surface area contributed by atoms with Gasteiger partial charge in [0.15, 0.2) is 5.54 Å². The van der Waals surface area contributed by atoms with E-state index >= 15 is 0 Å². The molecule has 3 rings (SSSR count). The summed E-state index contributed by atoms with van der Waals surface area (Å²) in [5.74, 6) is -1.19. The van der Waals surface area contributed by atoms with Gasteiger partial charge < -0.3 is 10.2 Å². The maximum absolute atomic E-state index is 11.8. The number of aliphatic carboxylic acids is 1. The molecule has 0 aliphatic carbocycles. The first-order chi connectivity index (χ1) is 11.9. The maximum atomic E-state index is 11.8. The van der Waals surface area contributed by atoms with Crippen molar-refractivity contribution < 1.29 is 24.6 Å². The molecule has 0 fully saturated rings. The van der Waals surface area contributed by atoms with Gasteiger partial charge in [-0.25, -0.2) is 9.59 Å². The maximum Gasteiger partial charge on any atom is 0.408 e. The van der Waals surface area contributed by atoms with E-state index in [1.807, 2.05) is 36.4 Å². The first kappa shape index (κ1) is 17.4.